The summed E-state index contributed by atoms with van der Waals surface area (Å²) in [5, 5.41) is 1.05. The van der Waals surface area contributed by atoms with Gasteiger partial charge in [-0.15, -0.1) is 0 Å². The van der Waals surface area contributed by atoms with Gasteiger partial charge in [0.1, 0.15) is 0 Å². The molecule has 1 nitrogen and oxygen atoms in total. The fourth-order valence-corrected chi connectivity index (χ4v) is 0. The molecule has 0 aromatic heterocycles. The Balaban J connectivity index is 3.90. The van der Waals surface area contributed by atoms with Crippen LogP contribution < -0.4 is 5.09 Å². The van der Waals surface area contributed by atoms with Crippen LogP contribution in [0, 0.1) is 0 Å². The van der Waals surface area contributed by atoms with E-state index in [1.807, 2.05) is 0 Å². The van der Waals surface area contributed by atoms with E-state index in [1.165, 1.54) is 0 Å². The summed E-state index contributed by atoms with van der Waals surface area (Å²) in [5.41, 5.74) is 0. The highest BCUT2D eigenvalue weighted by Gasteiger charge is 2.05. The molecule has 38 valence electrons. The topological polar surface area (TPSA) is 12.0 Å². The van der Waals surface area contributed by atoms with Gasteiger partial charge in [0, 0.05) is 4.11 Å². The zero-order chi connectivity index (χ0) is 7.71. The largest absolute Gasteiger partial charge is 0.339 e. The zero-order valence-electron chi connectivity index (χ0n) is 5.61. The van der Waals surface area contributed by atoms with Crippen LogP contribution in [0.15, 0.2) is 0 Å². The van der Waals surface area contributed by atoms with Crippen LogP contribution in [0.1, 0.15) is 4.11 Å². The molecule has 0 bridgehead atoms. The van der Waals surface area contributed by atoms with Crippen molar-refractivity contribution >= 4 is 18.6 Å². The summed E-state index contributed by atoms with van der Waals surface area (Å²) in [4.78, 5) is 0. The lowest BCUT2D eigenvalue weighted by Crippen LogP contribution is -1.90. The normalized spacial score (nSPS) is 21.3. The van der Waals surface area contributed by atoms with Crippen molar-refractivity contribution in [2.75, 3.05) is 6.98 Å². The molecule has 0 saturated carbocycles. The summed E-state index contributed by atoms with van der Waals surface area (Å²) < 4.78 is 42.2. The van der Waals surface area contributed by atoms with Crippen molar-refractivity contribution in [3.63, 3.8) is 0 Å². The third-order valence-corrected chi connectivity index (χ3v) is 0.664. The molecule has 0 fully saturated rings. The number of rotatable bonds is 1. The minimum atomic E-state index is -4.77. The molecule has 0 spiro atoms. The van der Waals surface area contributed by atoms with E-state index in [1.54, 1.807) is 0 Å². The highest BCUT2D eigenvalue weighted by molar-refractivity contribution is 8.08. The Labute approximate surface area is 44.3 Å². The van der Waals surface area contributed by atoms with Gasteiger partial charge in [-0.2, -0.15) is 8.39 Å². The molecule has 0 amide bonds. The fourth-order valence-electron chi connectivity index (χ4n) is 0. The third-order valence-electron chi connectivity index (χ3n) is 0.130. The molecule has 0 heterocycles. The van der Waals surface area contributed by atoms with Crippen LogP contribution in [0.4, 0.5) is 8.39 Å². The van der Waals surface area contributed by atoms with E-state index in [0.29, 0.717) is 0 Å². The van der Waals surface area contributed by atoms with Crippen LogP contribution in [0.5, 0.6) is 0 Å². The van der Waals surface area contributed by atoms with E-state index in [0.717, 1.165) is 5.09 Å². The van der Waals surface area contributed by atoms with E-state index in [9.17, 15) is 8.39 Å². The quantitative estimate of drug-likeness (QED) is 0.543. The maximum atomic E-state index is 11.7. The molecule has 0 atom stereocenters. The highest BCUT2D eigenvalue weighted by atomic mass is 32.5. The second-order valence-corrected chi connectivity index (χ2v) is 3.10. The Morgan fingerprint density at radius 3 is 2.50 bits per heavy atom. The molecule has 0 saturated heterocycles. The first kappa shape index (κ1) is 2.70. The smallest absolute Gasteiger partial charge is 0.242 e. The minimum Gasteiger partial charge on any atom is -0.242 e. The van der Waals surface area contributed by atoms with Gasteiger partial charge in [0.05, 0.1) is 0 Å². The second-order valence-electron chi connectivity index (χ2n) is 0.574. The first-order chi connectivity index (χ1) is 3.71. The Bertz CT molecular complexity index is 139. The molecule has 0 rings (SSSR count). The number of nitrogens with one attached hydrogen (secondary N) is 1. The molecule has 0 radical (unpaired) electrons. The first-order valence-corrected chi connectivity index (χ1v) is 3.58. The molecule has 0 aromatic rings. The van der Waals surface area contributed by atoms with E-state index < -0.39 is 13.8 Å². The van der Waals surface area contributed by atoms with Gasteiger partial charge in [0.2, 0.25) is 0 Å². The highest BCUT2D eigenvalue weighted by Crippen LogP contribution is 2.43. The number of halogens is 2. The van der Waals surface area contributed by atoms with Crippen LogP contribution >= 0.6 is 6.81 Å². The summed E-state index contributed by atoms with van der Waals surface area (Å²) in [6.45, 7) is -7.59. The zero-order valence-corrected chi connectivity index (χ0v) is 4.32. The molecular weight excluding hydrogens is 127 g/mol. The Morgan fingerprint density at radius 2 is 2.50 bits per heavy atom. The van der Waals surface area contributed by atoms with Crippen molar-refractivity contribution < 1.29 is 12.5 Å². The van der Waals surface area contributed by atoms with Crippen molar-refractivity contribution in [1.82, 2.24) is 5.09 Å². The van der Waals surface area contributed by atoms with E-state index in [-0.39, 0.29) is 0 Å². The van der Waals surface area contributed by atoms with Crippen LogP contribution in [0.2, 0.25) is 0 Å². The first-order valence-electron chi connectivity index (χ1n) is 2.49. The van der Waals surface area contributed by atoms with Crippen molar-refractivity contribution in [2.24, 2.45) is 0 Å². The van der Waals surface area contributed by atoms with Crippen molar-refractivity contribution in [3.8, 4) is 0 Å². The fraction of sp³-hybridized carbons (Fsp3) is 1.00. The summed E-state index contributed by atoms with van der Waals surface area (Å²) >= 11 is 3.54. The number of hydrogen-bond acceptors (Lipinski definition) is 1. The molecule has 6 heavy (non-hydrogen) atoms. The summed E-state index contributed by atoms with van der Waals surface area (Å²) in [5.74, 6) is 0. The molecule has 5 heteroatoms. The van der Waals surface area contributed by atoms with E-state index >= 15 is 0 Å². The molecule has 0 unspecified atom stereocenters. The second kappa shape index (κ2) is 1.96. The Morgan fingerprint density at radius 1 is 2.00 bits per heavy atom. The van der Waals surface area contributed by atoms with E-state index in [2.05, 4.69) is 11.8 Å². The van der Waals surface area contributed by atoms with Gasteiger partial charge in [-0.25, -0.2) is 5.09 Å². The summed E-state index contributed by atoms with van der Waals surface area (Å²) in [7, 11) is 0. The summed E-state index contributed by atoms with van der Waals surface area (Å²) in [6.07, 6.45) is 0. The van der Waals surface area contributed by atoms with Gasteiger partial charge in [-0.05, 0) is 18.8 Å². The molecule has 0 aromatic carbocycles. The molecule has 0 aliphatic heterocycles. The van der Waals surface area contributed by atoms with Gasteiger partial charge in [0.15, 0.2) is 0 Å². The maximum Gasteiger partial charge on any atom is 0.339 e. The van der Waals surface area contributed by atoms with Crippen LogP contribution in [-0.2, 0) is 11.8 Å². The van der Waals surface area contributed by atoms with E-state index in [4.69, 9.17) is 4.11 Å². The maximum absolute atomic E-state index is 11.7. The Kier molecular flexibility index (Phi) is 0.881. The average molecular weight is 134 g/mol. The lowest BCUT2D eigenvalue weighted by molar-refractivity contribution is 0.717. The van der Waals surface area contributed by atoms with Crippen LogP contribution in [-0.4, -0.2) is 6.98 Å². The molecule has 0 aliphatic rings. The predicted octanol–water partition coefficient (Wildman–Crippen LogP) is 1.37. The summed E-state index contributed by atoms with van der Waals surface area (Å²) in [6, 6.07) is 0. The average Bonchev–Trinajstić information content (AvgIpc) is 1.14. The van der Waals surface area contributed by atoms with Crippen molar-refractivity contribution in [2.45, 2.75) is 0 Å². The Hall–Kier alpha value is 0.470. The monoisotopic (exact) mass is 134 g/mol. The standard InChI is InChI=1S/CH4F2NPS/c1-4-5(2,3)6/h1H3,(H,4,6)/i1D3. The predicted molar refractivity (Wildman–Crippen MR) is 25.6 cm³/mol. The third kappa shape index (κ3) is 4.47. The lowest BCUT2D eigenvalue weighted by atomic mass is 11.6. The van der Waals surface area contributed by atoms with Gasteiger partial charge in [0.25, 0.3) is 0 Å². The molecule has 1 N–H and O–H groups in total. The van der Waals surface area contributed by atoms with Crippen molar-refractivity contribution in [1.29, 1.82) is 0 Å². The van der Waals surface area contributed by atoms with Gasteiger partial charge in [-0.1, -0.05) is 0 Å². The lowest BCUT2D eigenvalue weighted by Gasteiger charge is -1.92. The van der Waals surface area contributed by atoms with Gasteiger partial charge in [-0.3, -0.25) is 0 Å². The minimum absolute atomic E-state index is 1.05. The SMILES string of the molecule is [2H]C([2H])([2H])NP(F)(F)=S. The number of hydrogen-bond donors (Lipinski definition) is 1. The van der Waals surface area contributed by atoms with Gasteiger partial charge >= 0.3 is 6.81 Å². The van der Waals surface area contributed by atoms with Crippen LogP contribution in [0.3, 0.4) is 0 Å². The molecular formula is CH4F2NPS. The molecule has 0 aliphatic carbocycles. The van der Waals surface area contributed by atoms with Crippen molar-refractivity contribution in [3.05, 3.63) is 0 Å². The van der Waals surface area contributed by atoms with Gasteiger partial charge < -0.3 is 0 Å². The van der Waals surface area contributed by atoms with Crippen LogP contribution in [0.25, 0.3) is 0 Å².